The lowest BCUT2D eigenvalue weighted by Gasteiger charge is -2.29. The Morgan fingerprint density at radius 3 is 2.56 bits per heavy atom. The Morgan fingerprint density at radius 1 is 1.00 bits per heavy atom. The molecule has 0 radical (unpaired) electrons. The van der Waals surface area contributed by atoms with Gasteiger partial charge in [-0.3, -0.25) is 9.59 Å². The number of hydrogen-bond acceptors (Lipinski definition) is 6. The van der Waals surface area contributed by atoms with Gasteiger partial charge in [-0.25, -0.2) is 0 Å². The Labute approximate surface area is 198 Å². The van der Waals surface area contributed by atoms with Crippen molar-refractivity contribution in [2.24, 2.45) is 0 Å². The number of benzene rings is 3. The van der Waals surface area contributed by atoms with Gasteiger partial charge < -0.3 is 29.2 Å². The summed E-state index contributed by atoms with van der Waals surface area (Å²) in [4.78, 5) is 26.4. The Balaban J connectivity index is 1.34. The van der Waals surface area contributed by atoms with Crippen LogP contribution in [-0.4, -0.2) is 45.3 Å². The van der Waals surface area contributed by atoms with Crippen LogP contribution >= 0.6 is 0 Å². The zero-order valence-electron chi connectivity index (χ0n) is 19.1. The summed E-state index contributed by atoms with van der Waals surface area (Å²) in [5.74, 6) is 1.98. The average molecular weight is 463 g/mol. The van der Waals surface area contributed by atoms with Crippen molar-refractivity contribution in [1.29, 1.82) is 0 Å². The number of aryl methyl sites for hydroxylation is 1. The highest BCUT2D eigenvalue weighted by Crippen LogP contribution is 2.34. The van der Waals surface area contributed by atoms with Crippen molar-refractivity contribution >= 4 is 23.2 Å². The number of nitrogens with zero attached hydrogens (tertiary/aromatic N) is 1. The highest BCUT2D eigenvalue weighted by Gasteiger charge is 2.26. The molecular formula is C26H26N2O6. The fraction of sp³-hybridized carbons (Fsp3) is 0.231. The molecule has 8 nitrogen and oxygen atoms in total. The molecule has 0 aromatic heterocycles. The molecule has 0 aliphatic carbocycles. The van der Waals surface area contributed by atoms with E-state index in [9.17, 15) is 9.59 Å². The maximum Gasteiger partial charge on any atom is 0.265 e. The number of carbonyl (C=O) groups is 2. The molecule has 0 unspecified atom stereocenters. The molecular weight excluding hydrogens is 436 g/mol. The molecule has 3 aromatic carbocycles. The minimum Gasteiger partial charge on any atom is -0.497 e. The number of anilines is 2. The monoisotopic (exact) mass is 462 g/mol. The van der Waals surface area contributed by atoms with Crippen LogP contribution in [0.5, 0.6) is 23.0 Å². The van der Waals surface area contributed by atoms with Gasteiger partial charge in [0.15, 0.2) is 13.2 Å². The Kier molecular flexibility index (Phi) is 7.17. The zero-order chi connectivity index (χ0) is 23.9. The van der Waals surface area contributed by atoms with E-state index in [1.807, 2.05) is 31.2 Å². The van der Waals surface area contributed by atoms with Crippen molar-refractivity contribution in [3.8, 4) is 23.0 Å². The maximum absolute atomic E-state index is 12.4. The second-order valence-corrected chi connectivity index (χ2v) is 7.70. The third-order valence-corrected chi connectivity index (χ3v) is 5.17. The average Bonchev–Trinajstić information content (AvgIpc) is 2.84. The molecule has 1 aliphatic rings. The molecule has 0 spiro atoms. The molecule has 0 bridgehead atoms. The number of nitrogens with one attached hydrogen (secondary N) is 1. The third-order valence-electron chi connectivity index (χ3n) is 5.17. The Morgan fingerprint density at radius 2 is 1.76 bits per heavy atom. The van der Waals surface area contributed by atoms with Gasteiger partial charge in [0, 0.05) is 17.8 Å². The number of carbonyl (C=O) groups excluding carboxylic acids is 2. The van der Waals surface area contributed by atoms with Gasteiger partial charge in [-0.1, -0.05) is 18.2 Å². The normalized spacial score (nSPS) is 12.4. The molecule has 0 fully saturated rings. The molecule has 0 saturated carbocycles. The van der Waals surface area contributed by atoms with E-state index in [0.717, 1.165) is 11.3 Å². The third kappa shape index (κ3) is 5.78. The van der Waals surface area contributed by atoms with E-state index < -0.39 is 0 Å². The summed E-state index contributed by atoms with van der Waals surface area (Å²) in [7, 11) is 1.57. The summed E-state index contributed by atoms with van der Waals surface area (Å²) >= 11 is 0. The van der Waals surface area contributed by atoms with Gasteiger partial charge >= 0.3 is 0 Å². The summed E-state index contributed by atoms with van der Waals surface area (Å²) in [5, 5.41) is 2.78. The molecule has 1 aliphatic heterocycles. The van der Waals surface area contributed by atoms with Crippen LogP contribution in [0, 0.1) is 6.92 Å². The van der Waals surface area contributed by atoms with Crippen LogP contribution in [-0.2, 0) is 9.59 Å². The fourth-order valence-electron chi connectivity index (χ4n) is 3.52. The largest absolute Gasteiger partial charge is 0.497 e. The van der Waals surface area contributed by atoms with E-state index in [2.05, 4.69) is 5.32 Å². The van der Waals surface area contributed by atoms with Gasteiger partial charge in [0.1, 0.15) is 29.6 Å². The molecule has 1 N–H and O–H groups in total. The number of methoxy groups -OCH3 is 1. The van der Waals surface area contributed by atoms with Gasteiger partial charge in [-0.15, -0.1) is 0 Å². The number of hydrogen-bond donors (Lipinski definition) is 1. The number of ether oxygens (including phenoxy) is 4. The molecule has 0 saturated heterocycles. The summed E-state index contributed by atoms with van der Waals surface area (Å²) in [6.07, 6.45) is 0. The first-order chi connectivity index (χ1) is 16.5. The van der Waals surface area contributed by atoms with Crippen molar-refractivity contribution in [3.05, 3.63) is 72.3 Å². The van der Waals surface area contributed by atoms with Crippen LogP contribution in [0.3, 0.4) is 0 Å². The molecule has 8 heteroatoms. The predicted octanol–water partition coefficient (Wildman–Crippen LogP) is 3.83. The van der Waals surface area contributed by atoms with Crippen molar-refractivity contribution in [1.82, 2.24) is 0 Å². The SMILES string of the molecule is COc1cccc(OCC(=O)Nc2ccc3c(c2)OCC(=O)N3CCOc2cccc(C)c2)c1. The summed E-state index contributed by atoms with van der Waals surface area (Å²) < 4.78 is 22.1. The topological polar surface area (TPSA) is 86.3 Å². The standard InChI is InChI=1S/C26H26N2O6/c1-18-5-3-7-21(13-18)32-12-11-28-23-10-9-19(14-24(23)34-17-26(28)30)27-25(29)16-33-22-8-4-6-20(15-22)31-2/h3-10,13-15H,11-12,16-17H2,1-2H3,(H,27,29). The van der Waals surface area contributed by atoms with E-state index in [0.29, 0.717) is 41.8 Å². The van der Waals surface area contributed by atoms with Crippen molar-refractivity contribution in [3.63, 3.8) is 0 Å². The van der Waals surface area contributed by atoms with Crippen LogP contribution < -0.4 is 29.2 Å². The summed E-state index contributed by atoms with van der Waals surface area (Å²) in [6, 6.07) is 19.9. The molecule has 4 rings (SSSR count). The van der Waals surface area contributed by atoms with Crippen molar-refractivity contribution in [2.45, 2.75) is 6.92 Å². The smallest absolute Gasteiger partial charge is 0.265 e. The molecule has 2 amide bonds. The van der Waals surface area contributed by atoms with Gasteiger partial charge in [0.25, 0.3) is 11.8 Å². The molecule has 0 atom stereocenters. The fourth-order valence-corrected chi connectivity index (χ4v) is 3.52. The molecule has 176 valence electrons. The molecule has 34 heavy (non-hydrogen) atoms. The van der Waals surface area contributed by atoms with E-state index in [1.54, 1.807) is 54.5 Å². The van der Waals surface area contributed by atoms with E-state index in [-0.39, 0.29) is 25.0 Å². The van der Waals surface area contributed by atoms with E-state index >= 15 is 0 Å². The van der Waals surface area contributed by atoms with Crippen LogP contribution in [0.4, 0.5) is 11.4 Å². The van der Waals surface area contributed by atoms with Gasteiger partial charge in [0.2, 0.25) is 0 Å². The van der Waals surface area contributed by atoms with E-state index in [4.69, 9.17) is 18.9 Å². The van der Waals surface area contributed by atoms with E-state index in [1.165, 1.54) is 0 Å². The quantitative estimate of drug-likeness (QED) is 0.520. The summed E-state index contributed by atoms with van der Waals surface area (Å²) in [6.45, 7) is 2.48. The predicted molar refractivity (Wildman–Crippen MR) is 128 cm³/mol. The second kappa shape index (κ2) is 10.6. The maximum atomic E-state index is 12.4. The van der Waals surface area contributed by atoms with Crippen LogP contribution in [0.15, 0.2) is 66.7 Å². The lowest BCUT2D eigenvalue weighted by atomic mass is 10.2. The van der Waals surface area contributed by atoms with Crippen LogP contribution in [0.25, 0.3) is 0 Å². The van der Waals surface area contributed by atoms with Crippen LogP contribution in [0.2, 0.25) is 0 Å². The Bertz CT molecular complexity index is 1180. The first-order valence-electron chi connectivity index (χ1n) is 10.9. The minimum atomic E-state index is -0.321. The molecule has 1 heterocycles. The van der Waals surface area contributed by atoms with Gasteiger partial charge in [-0.05, 0) is 48.9 Å². The first kappa shape index (κ1) is 23.0. The number of rotatable bonds is 9. The highest BCUT2D eigenvalue weighted by atomic mass is 16.5. The zero-order valence-corrected chi connectivity index (χ0v) is 19.1. The lowest BCUT2D eigenvalue weighted by Crippen LogP contribution is -2.41. The first-order valence-corrected chi connectivity index (χ1v) is 10.9. The van der Waals surface area contributed by atoms with Gasteiger partial charge in [0.05, 0.1) is 19.3 Å². The second-order valence-electron chi connectivity index (χ2n) is 7.70. The minimum absolute atomic E-state index is 0.0756. The number of amides is 2. The summed E-state index contributed by atoms with van der Waals surface area (Å²) in [5.41, 5.74) is 2.28. The van der Waals surface area contributed by atoms with Crippen molar-refractivity contribution in [2.75, 3.05) is 43.7 Å². The van der Waals surface area contributed by atoms with Crippen LogP contribution in [0.1, 0.15) is 5.56 Å². The molecule has 3 aromatic rings. The number of fused-ring (bicyclic) bond motifs is 1. The lowest BCUT2D eigenvalue weighted by molar-refractivity contribution is -0.121. The van der Waals surface area contributed by atoms with Gasteiger partial charge in [-0.2, -0.15) is 0 Å². The highest BCUT2D eigenvalue weighted by molar-refractivity contribution is 5.99. The van der Waals surface area contributed by atoms with Crippen molar-refractivity contribution < 1.29 is 28.5 Å². The Hall–Kier alpha value is -4.20.